The molecule has 2 N–H and O–H groups in total. The van der Waals surface area contributed by atoms with Crippen molar-refractivity contribution in [3.63, 3.8) is 0 Å². The average Bonchev–Trinajstić information content (AvgIpc) is 3.42. The number of anilines is 2. The highest BCUT2D eigenvalue weighted by Crippen LogP contribution is 2.33. The average molecular weight is 432 g/mol. The molecule has 1 aliphatic rings. The number of fused-ring (bicyclic) bond motifs is 1. The molecule has 1 aromatic carbocycles. The number of pyridine rings is 1. The van der Waals surface area contributed by atoms with Crippen LogP contribution in [0.5, 0.6) is 0 Å². The van der Waals surface area contributed by atoms with E-state index in [1.807, 2.05) is 38.4 Å². The second kappa shape index (κ2) is 8.08. The second-order valence-corrected chi connectivity index (χ2v) is 8.09. The molecule has 0 bridgehead atoms. The van der Waals surface area contributed by atoms with E-state index in [0.29, 0.717) is 37.5 Å². The van der Waals surface area contributed by atoms with Crippen LogP contribution in [0.1, 0.15) is 29.0 Å². The number of aliphatic hydroxyl groups is 1. The van der Waals surface area contributed by atoms with Crippen molar-refractivity contribution in [2.45, 2.75) is 25.9 Å². The monoisotopic (exact) mass is 432 g/mol. The second-order valence-electron chi connectivity index (χ2n) is 8.09. The maximum Gasteiger partial charge on any atom is 0.277 e. The predicted molar refractivity (Wildman–Crippen MR) is 121 cm³/mol. The quantitative estimate of drug-likeness (QED) is 0.510. The topological polar surface area (TPSA) is 109 Å². The van der Waals surface area contributed by atoms with Crippen molar-refractivity contribution in [2.24, 2.45) is 7.05 Å². The minimum Gasteiger partial charge on any atom is -0.444 e. The summed E-state index contributed by atoms with van der Waals surface area (Å²) in [5, 5.41) is 18.2. The Hall–Kier alpha value is -3.72. The van der Waals surface area contributed by atoms with Crippen molar-refractivity contribution in [1.29, 1.82) is 0 Å². The van der Waals surface area contributed by atoms with Crippen molar-refractivity contribution >= 4 is 28.2 Å². The zero-order chi connectivity index (χ0) is 22.2. The minimum absolute atomic E-state index is 0.194. The van der Waals surface area contributed by atoms with Gasteiger partial charge in [0.2, 0.25) is 5.89 Å². The fourth-order valence-corrected chi connectivity index (χ4v) is 4.03. The van der Waals surface area contributed by atoms with Gasteiger partial charge in [0.1, 0.15) is 6.26 Å². The van der Waals surface area contributed by atoms with Crippen LogP contribution in [-0.2, 0) is 7.05 Å². The van der Waals surface area contributed by atoms with Crippen molar-refractivity contribution < 1.29 is 14.3 Å². The first-order chi connectivity index (χ1) is 15.5. The molecule has 9 heteroatoms. The number of nitrogens with one attached hydrogen (secondary N) is 1. The number of carbonyl (C=O) groups excluding carboxylic acids is 1. The first-order valence-corrected chi connectivity index (χ1v) is 10.6. The Kier molecular flexibility index (Phi) is 5.10. The molecule has 1 aliphatic heterocycles. The lowest BCUT2D eigenvalue weighted by Gasteiger charge is -2.33. The lowest BCUT2D eigenvalue weighted by atomic mass is 10.1. The number of hydrogen-bond acceptors (Lipinski definition) is 7. The summed E-state index contributed by atoms with van der Waals surface area (Å²) in [6, 6.07) is 7.60. The smallest absolute Gasteiger partial charge is 0.277 e. The number of carbonyl (C=O) groups is 1. The van der Waals surface area contributed by atoms with E-state index in [2.05, 4.69) is 25.3 Å². The summed E-state index contributed by atoms with van der Waals surface area (Å²) in [5.74, 6) is 0.0126. The number of aryl methyl sites for hydroxylation is 2. The van der Waals surface area contributed by atoms with E-state index in [1.165, 1.54) is 6.26 Å². The SMILES string of the molecule is Cc1cc(-c2nc(C(=O)Nc3cc4c(cnn4C)cc3N3CCC(O)CC3)co2)ccn1. The number of oxazole rings is 1. The predicted octanol–water partition coefficient (Wildman–Crippen LogP) is 3.15. The molecule has 4 aromatic rings. The van der Waals surface area contributed by atoms with Crippen molar-refractivity contribution in [2.75, 3.05) is 23.3 Å². The zero-order valence-electron chi connectivity index (χ0n) is 17.9. The number of aromatic nitrogens is 4. The van der Waals surface area contributed by atoms with Gasteiger partial charge in [-0.3, -0.25) is 14.5 Å². The summed E-state index contributed by atoms with van der Waals surface area (Å²) < 4.78 is 7.32. The summed E-state index contributed by atoms with van der Waals surface area (Å²) in [5.41, 5.74) is 4.28. The van der Waals surface area contributed by atoms with Gasteiger partial charge in [0, 0.05) is 43.0 Å². The van der Waals surface area contributed by atoms with Gasteiger partial charge in [0.05, 0.1) is 29.2 Å². The highest BCUT2D eigenvalue weighted by molar-refractivity contribution is 6.06. The maximum absolute atomic E-state index is 13.0. The molecule has 3 aromatic heterocycles. The van der Waals surface area contributed by atoms with Crippen LogP contribution in [0, 0.1) is 6.92 Å². The van der Waals surface area contributed by atoms with Crippen molar-refractivity contribution in [1.82, 2.24) is 19.7 Å². The summed E-state index contributed by atoms with van der Waals surface area (Å²) in [7, 11) is 1.87. The van der Waals surface area contributed by atoms with Gasteiger partial charge < -0.3 is 19.7 Å². The summed E-state index contributed by atoms with van der Waals surface area (Å²) in [4.78, 5) is 23.8. The number of hydrogen-bond donors (Lipinski definition) is 2. The number of aliphatic hydroxyl groups excluding tert-OH is 1. The van der Waals surface area contributed by atoms with Gasteiger partial charge in [0.15, 0.2) is 5.69 Å². The normalized spacial score (nSPS) is 14.8. The number of rotatable bonds is 4. The summed E-state index contributed by atoms with van der Waals surface area (Å²) in [6.07, 6.45) is 5.95. The lowest BCUT2D eigenvalue weighted by molar-refractivity contribution is 0.102. The van der Waals surface area contributed by atoms with Gasteiger partial charge in [-0.2, -0.15) is 5.10 Å². The van der Waals surface area contributed by atoms with Crippen molar-refractivity contribution in [3.05, 3.63) is 54.3 Å². The Bertz CT molecular complexity index is 1290. The van der Waals surface area contributed by atoms with E-state index in [4.69, 9.17) is 4.42 Å². The van der Waals surface area contributed by atoms with Gasteiger partial charge >= 0.3 is 0 Å². The van der Waals surface area contributed by atoms with E-state index in [1.54, 1.807) is 16.9 Å². The molecular formula is C23H24N6O3. The molecule has 164 valence electrons. The first-order valence-electron chi connectivity index (χ1n) is 10.6. The van der Waals surface area contributed by atoms with Crippen LogP contribution in [0.4, 0.5) is 11.4 Å². The minimum atomic E-state index is -0.356. The van der Waals surface area contributed by atoms with Crippen LogP contribution >= 0.6 is 0 Å². The number of nitrogens with zero attached hydrogens (tertiary/aromatic N) is 5. The summed E-state index contributed by atoms with van der Waals surface area (Å²) in [6.45, 7) is 3.31. The molecule has 32 heavy (non-hydrogen) atoms. The highest BCUT2D eigenvalue weighted by atomic mass is 16.3. The Labute approximate surface area is 184 Å². The molecule has 0 radical (unpaired) electrons. The maximum atomic E-state index is 13.0. The highest BCUT2D eigenvalue weighted by Gasteiger charge is 2.22. The Balaban J connectivity index is 1.46. The van der Waals surface area contributed by atoms with E-state index >= 15 is 0 Å². The van der Waals surface area contributed by atoms with Crippen LogP contribution in [0.2, 0.25) is 0 Å². The number of benzene rings is 1. The van der Waals surface area contributed by atoms with Crippen molar-refractivity contribution in [3.8, 4) is 11.5 Å². The molecule has 4 heterocycles. The van der Waals surface area contributed by atoms with Crippen LogP contribution in [-0.4, -0.2) is 50.0 Å². The van der Waals surface area contributed by atoms with Crippen LogP contribution < -0.4 is 10.2 Å². The van der Waals surface area contributed by atoms with Crippen LogP contribution in [0.15, 0.2) is 47.3 Å². The van der Waals surface area contributed by atoms with Crippen LogP contribution in [0.25, 0.3) is 22.4 Å². The molecule has 9 nitrogen and oxygen atoms in total. The van der Waals surface area contributed by atoms with Gasteiger partial charge in [-0.25, -0.2) is 4.98 Å². The fraction of sp³-hybridized carbons (Fsp3) is 0.304. The fourth-order valence-electron chi connectivity index (χ4n) is 4.03. The van der Waals surface area contributed by atoms with E-state index < -0.39 is 0 Å². The third-order valence-electron chi connectivity index (χ3n) is 5.80. The molecule has 0 unspecified atom stereocenters. The third kappa shape index (κ3) is 3.82. The standard InChI is InChI=1S/C23H24N6O3/c1-14-9-15(3-6-24-14)23-27-19(13-32-23)22(31)26-18-11-20-16(12-25-28(20)2)10-21(18)29-7-4-17(30)5-8-29/h3,6,9-13,17,30H,4-5,7-8H2,1-2H3,(H,26,31). The first kappa shape index (κ1) is 20.2. The molecule has 0 spiro atoms. The van der Waals surface area contributed by atoms with E-state index in [0.717, 1.165) is 27.8 Å². The molecule has 1 saturated heterocycles. The molecular weight excluding hydrogens is 408 g/mol. The Morgan fingerprint density at radius 3 is 2.84 bits per heavy atom. The number of amides is 1. The molecule has 1 amide bonds. The number of piperidine rings is 1. The molecule has 1 fully saturated rings. The van der Waals surface area contributed by atoms with Gasteiger partial charge in [-0.1, -0.05) is 0 Å². The third-order valence-corrected chi connectivity index (χ3v) is 5.80. The largest absolute Gasteiger partial charge is 0.444 e. The molecule has 5 rings (SSSR count). The summed E-state index contributed by atoms with van der Waals surface area (Å²) >= 11 is 0. The van der Waals surface area contributed by atoms with E-state index in [-0.39, 0.29) is 17.7 Å². The van der Waals surface area contributed by atoms with Gasteiger partial charge in [-0.15, -0.1) is 0 Å². The Morgan fingerprint density at radius 2 is 2.06 bits per heavy atom. The zero-order valence-corrected chi connectivity index (χ0v) is 17.9. The molecule has 0 saturated carbocycles. The van der Waals surface area contributed by atoms with Gasteiger partial charge in [-0.05, 0) is 44.0 Å². The van der Waals surface area contributed by atoms with Gasteiger partial charge in [0.25, 0.3) is 5.91 Å². The van der Waals surface area contributed by atoms with E-state index in [9.17, 15) is 9.90 Å². The molecule has 0 aliphatic carbocycles. The van der Waals surface area contributed by atoms with Crippen LogP contribution in [0.3, 0.4) is 0 Å². The lowest BCUT2D eigenvalue weighted by Crippen LogP contribution is -2.36. The Morgan fingerprint density at radius 1 is 1.25 bits per heavy atom. The molecule has 0 atom stereocenters.